The lowest BCUT2D eigenvalue weighted by Crippen LogP contribution is -2.60. The second-order valence-corrected chi connectivity index (χ2v) is 5.59. The van der Waals surface area contributed by atoms with Gasteiger partial charge in [-0.1, -0.05) is 24.3 Å². The van der Waals surface area contributed by atoms with E-state index >= 15 is 0 Å². The molecule has 1 heterocycles. The first-order valence-electron chi connectivity index (χ1n) is 6.47. The summed E-state index contributed by atoms with van der Waals surface area (Å²) >= 11 is 0. The highest BCUT2D eigenvalue weighted by Gasteiger charge is 2.48. The smallest absolute Gasteiger partial charge is 0.239 e. The molecule has 1 aromatic carbocycles. The normalized spacial score (nSPS) is 22.5. The number of carbonyl (C=O) groups excluding carboxylic acids is 1. The van der Waals surface area contributed by atoms with Gasteiger partial charge in [-0.05, 0) is 29.9 Å². The van der Waals surface area contributed by atoms with E-state index in [1.807, 2.05) is 12.1 Å². The van der Waals surface area contributed by atoms with Crippen molar-refractivity contribution in [3.63, 3.8) is 0 Å². The van der Waals surface area contributed by atoms with Crippen LogP contribution in [0.5, 0.6) is 0 Å². The van der Waals surface area contributed by atoms with E-state index in [1.54, 1.807) is 0 Å². The van der Waals surface area contributed by atoms with E-state index in [0.717, 1.165) is 25.9 Å². The van der Waals surface area contributed by atoms with Gasteiger partial charge in [0.2, 0.25) is 5.91 Å². The minimum absolute atomic E-state index is 0.277. The van der Waals surface area contributed by atoms with E-state index in [4.69, 9.17) is 11.5 Å². The van der Waals surface area contributed by atoms with Crippen LogP contribution in [0.1, 0.15) is 24.0 Å². The summed E-state index contributed by atoms with van der Waals surface area (Å²) in [5.41, 5.74) is 13.6. The van der Waals surface area contributed by atoms with Crippen LogP contribution in [0, 0.1) is 5.92 Å². The van der Waals surface area contributed by atoms with Gasteiger partial charge in [0, 0.05) is 19.6 Å². The molecular weight excluding hydrogens is 226 g/mol. The van der Waals surface area contributed by atoms with Crippen LogP contribution in [0.4, 0.5) is 0 Å². The zero-order valence-corrected chi connectivity index (χ0v) is 10.4. The molecule has 1 atom stereocenters. The lowest BCUT2D eigenvalue weighted by molar-refractivity contribution is -0.124. The quantitative estimate of drug-likeness (QED) is 0.815. The number of amides is 1. The van der Waals surface area contributed by atoms with Crippen LogP contribution in [-0.2, 0) is 17.9 Å². The average Bonchev–Trinajstić information content (AvgIpc) is 3.10. The van der Waals surface area contributed by atoms with Crippen molar-refractivity contribution in [1.29, 1.82) is 0 Å². The molecule has 96 valence electrons. The Labute approximate surface area is 107 Å². The molecule has 0 aromatic heterocycles. The van der Waals surface area contributed by atoms with Crippen LogP contribution in [-0.4, -0.2) is 22.9 Å². The first-order valence-corrected chi connectivity index (χ1v) is 6.47. The number of nitrogens with two attached hydrogens (primary N) is 2. The zero-order valence-electron chi connectivity index (χ0n) is 10.4. The highest BCUT2D eigenvalue weighted by molar-refractivity contribution is 5.85. The summed E-state index contributed by atoms with van der Waals surface area (Å²) in [5, 5.41) is 0. The minimum Gasteiger partial charge on any atom is -0.368 e. The molecule has 4 nitrogen and oxygen atoms in total. The van der Waals surface area contributed by atoms with Crippen LogP contribution < -0.4 is 11.5 Å². The van der Waals surface area contributed by atoms with Gasteiger partial charge in [-0.25, -0.2) is 0 Å². The fourth-order valence-corrected chi connectivity index (χ4v) is 2.89. The van der Waals surface area contributed by atoms with Gasteiger partial charge in [-0.2, -0.15) is 0 Å². The Kier molecular flexibility index (Phi) is 2.64. The van der Waals surface area contributed by atoms with Gasteiger partial charge in [0.15, 0.2) is 0 Å². The number of hydrogen-bond donors (Lipinski definition) is 2. The first-order chi connectivity index (χ1) is 8.59. The maximum atomic E-state index is 11.6. The monoisotopic (exact) mass is 245 g/mol. The largest absolute Gasteiger partial charge is 0.368 e. The average molecular weight is 245 g/mol. The highest BCUT2D eigenvalue weighted by Crippen LogP contribution is 2.39. The molecule has 0 bridgehead atoms. The van der Waals surface area contributed by atoms with Crippen molar-refractivity contribution in [2.45, 2.75) is 31.5 Å². The maximum Gasteiger partial charge on any atom is 0.239 e. The molecule has 4 heteroatoms. The molecule has 1 aromatic rings. The van der Waals surface area contributed by atoms with Crippen molar-refractivity contribution in [3.05, 3.63) is 35.4 Å². The Morgan fingerprint density at radius 3 is 2.28 bits per heavy atom. The number of fused-ring (bicyclic) bond motifs is 1. The summed E-state index contributed by atoms with van der Waals surface area (Å²) in [5.74, 6) is -0.0836. The third-order valence-corrected chi connectivity index (χ3v) is 4.16. The molecule has 4 N–H and O–H groups in total. The number of primary amides is 1. The second-order valence-electron chi connectivity index (χ2n) is 5.59. The van der Waals surface area contributed by atoms with Gasteiger partial charge in [0.25, 0.3) is 0 Å². The van der Waals surface area contributed by atoms with Crippen LogP contribution in [0.25, 0.3) is 0 Å². The summed E-state index contributed by atoms with van der Waals surface area (Å²) in [6, 6.07) is 8.36. The number of benzene rings is 1. The van der Waals surface area contributed by atoms with Crippen molar-refractivity contribution in [2.75, 3.05) is 6.54 Å². The Bertz CT molecular complexity index is 459. The highest BCUT2D eigenvalue weighted by atomic mass is 16.1. The number of hydrogen-bond acceptors (Lipinski definition) is 3. The van der Waals surface area contributed by atoms with Crippen molar-refractivity contribution < 1.29 is 4.79 Å². The molecule has 3 rings (SSSR count). The lowest BCUT2D eigenvalue weighted by Gasteiger charge is -2.30. The van der Waals surface area contributed by atoms with Gasteiger partial charge >= 0.3 is 0 Å². The second kappa shape index (κ2) is 4.07. The summed E-state index contributed by atoms with van der Waals surface area (Å²) in [4.78, 5) is 13.9. The summed E-state index contributed by atoms with van der Waals surface area (Å²) in [7, 11) is 0. The topological polar surface area (TPSA) is 72.3 Å². The molecule has 18 heavy (non-hydrogen) atoms. The number of rotatable bonds is 4. The summed E-state index contributed by atoms with van der Waals surface area (Å²) < 4.78 is 0. The fraction of sp³-hybridized carbons (Fsp3) is 0.500. The van der Waals surface area contributed by atoms with Crippen molar-refractivity contribution in [3.8, 4) is 0 Å². The van der Waals surface area contributed by atoms with E-state index in [0.29, 0.717) is 6.54 Å². The van der Waals surface area contributed by atoms with Gasteiger partial charge in [-0.15, -0.1) is 0 Å². The molecule has 0 spiro atoms. The lowest BCUT2D eigenvalue weighted by atomic mass is 9.93. The molecule has 2 aliphatic rings. The molecule has 0 saturated heterocycles. The molecular formula is C14H19N3O. The Morgan fingerprint density at radius 1 is 1.28 bits per heavy atom. The SMILES string of the molecule is NC(=O)C(N)(CN1Cc2ccccc2C1)C1CC1. The molecule has 1 fully saturated rings. The molecule has 0 radical (unpaired) electrons. The molecule has 1 aliphatic heterocycles. The third-order valence-electron chi connectivity index (χ3n) is 4.16. The molecule has 1 amide bonds. The minimum atomic E-state index is -0.845. The predicted octanol–water partition coefficient (Wildman–Crippen LogP) is 0.595. The zero-order chi connectivity index (χ0) is 12.8. The Balaban J connectivity index is 1.73. The number of carbonyl (C=O) groups is 1. The summed E-state index contributed by atoms with van der Waals surface area (Å²) in [6.45, 7) is 2.31. The van der Waals surface area contributed by atoms with Gasteiger partial charge in [0.05, 0.1) is 0 Å². The third kappa shape index (κ3) is 1.91. The van der Waals surface area contributed by atoms with E-state index in [9.17, 15) is 4.79 Å². The summed E-state index contributed by atoms with van der Waals surface area (Å²) in [6.07, 6.45) is 2.06. The fourth-order valence-electron chi connectivity index (χ4n) is 2.89. The standard InChI is InChI=1S/C14H19N3O/c15-13(18)14(16,12-5-6-12)9-17-7-10-3-1-2-4-11(10)8-17/h1-4,12H,5-9,16H2,(H2,15,18). The van der Waals surface area contributed by atoms with Crippen LogP contribution in [0.2, 0.25) is 0 Å². The molecule has 1 unspecified atom stereocenters. The van der Waals surface area contributed by atoms with E-state index in [-0.39, 0.29) is 11.8 Å². The van der Waals surface area contributed by atoms with Crippen molar-refractivity contribution >= 4 is 5.91 Å². The Hall–Kier alpha value is -1.39. The Morgan fingerprint density at radius 2 is 1.83 bits per heavy atom. The van der Waals surface area contributed by atoms with Gasteiger partial charge in [0.1, 0.15) is 5.54 Å². The number of nitrogens with zero attached hydrogens (tertiary/aromatic N) is 1. The first kappa shape index (κ1) is 11.7. The van der Waals surface area contributed by atoms with E-state index < -0.39 is 5.54 Å². The maximum absolute atomic E-state index is 11.6. The van der Waals surface area contributed by atoms with Gasteiger partial charge in [-0.3, -0.25) is 9.69 Å². The van der Waals surface area contributed by atoms with Crippen LogP contribution in [0.3, 0.4) is 0 Å². The van der Waals surface area contributed by atoms with Gasteiger partial charge < -0.3 is 11.5 Å². The van der Waals surface area contributed by atoms with Crippen LogP contribution >= 0.6 is 0 Å². The van der Waals surface area contributed by atoms with Crippen molar-refractivity contribution in [2.24, 2.45) is 17.4 Å². The van der Waals surface area contributed by atoms with Crippen LogP contribution in [0.15, 0.2) is 24.3 Å². The van der Waals surface area contributed by atoms with E-state index in [2.05, 4.69) is 17.0 Å². The molecule has 1 saturated carbocycles. The van der Waals surface area contributed by atoms with E-state index in [1.165, 1.54) is 11.1 Å². The molecule has 1 aliphatic carbocycles. The predicted molar refractivity (Wildman–Crippen MR) is 69.4 cm³/mol. The van der Waals surface area contributed by atoms with Crippen molar-refractivity contribution in [1.82, 2.24) is 4.90 Å².